The van der Waals surface area contributed by atoms with E-state index in [1.807, 2.05) is 42.2 Å². The fourth-order valence-corrected chi connectivity index (χ4v) is 2.90. The van der Waals surface area contributed by atoms with Crippen molar-refractivity contribution < 1.29 is 9.32 Å². The largest absolute Gasteiger partial charge is 0.337 e. The standard InChI is InChI=1S/C18H25N5O2/c1-3-22-9-11-23(12-10-22)18(24)19-14(2)17-20-16(21-25-17)13-15-7-5-4-6-8-15/h4-8,14H,3,9-13H2,1-2H3,(H,19,24). The predicted molar refractivity (Wildman–Crippen MR) is 94.2 cm³/mol. The van der Waals surface area contributed by atoms with Crippen molar-refractivity contribution in [1.82, 2.24) is 25.3 Å². The lowest BCUT2D eigenvalue weighted by Gasteiger charge is -2.34. The zero-order valence-electron chi connectivity index (χ0n) is 14.8. The van der Waals surface area contributed by atoms with Gasteiger partial charge in [-0.25, -0.2) is 4.79 Å². The number of hydrogen-bond donors (Lipinski definition) is 1. The molecule has 134 valence electrons. The minimum absolute atomic E-state index is 0.0777. The van der Waals surface area contributed by atoms with E-state index in [1.54, 1.807) is 0 Å². The van der Waals surface area contributed by atoms with E-state index < -0.39 is 0 Å². The van der Waals surface area contributed by atoms with Crippen LogP contribution in [-0.4, -0.2) is 58.7 Å². The van der Waals surface area contributed by atoms with Crippen LogP contribution in [0.4, 0.5) is 4.79 Å². The van der Waals surface area contributed by atoms with Gasteiger partial charge in [0.15, 0.2) is 5.82 Å². The lowest BCUT2D eigenvalue weighted by atomic mass is 10.1. The summed E-state index contributed by atoms with van der Waals surface area (Å²) in [5, 5.41) is 6.96. The topological polar surface area (TPSA) is 74.5 Å². The highest BCUT2D eigenvalue weighted by Gasteiger charge is 2.23. The van der Waals surface area contributed by atoms with E-state index in [1.165, 1.54) is 0 Å². The van der Waals surface area contributed by atoms with E-state index in [0.29, 0.717) is 18.1 Å². The summed E-state index contributed by atoms with van der Waals surface area (Å²) in [5.74, 6) is 1.06. The fourth-order valence-electron chi connectivity index (χ4n) is 2.90. The Morgan fingerprint density at radius 3 is 2.64 bits per heavy atom. The summed E-state index contributed by atoms with van der Waals surface area (Å²) in [6.45, 7) is 8.35. The van der Waals surface area contributed by atoms with Gasteiger partial charge in [-0.15, -0.1) is 0 Å². The molecule has 0 bridgehead atoms. The Morgan fingerprint density at radius 1 is 1.24 bits per heavy atom. The fraction of sp³-hybridized carbons (Fsp3) is 0.500. The van der Waals surface area contributed by atoms with Gasteiger partial charge in [0.05, 0.1) is 0 Å². The third-order valence-corrected chi connectivity index (χ3v) is 4.51. The predicted octanol–water partition coefficient (Wildman–Crippen LogP) is 2.07. The summed E-state index contributed by atoms with van der Waals surface area (Å²) in [6, 6.07) is 9.60. The molecule has 2 amide bonds. The Hall–Kier alpha value is -2.41. The molecule has 1 saturated heterocycles. The van der Waals surface area contributed by atoms with Crippen LogP contribution >= 0.6 is 0 Å². The summed E-state index contributed by atoms with van der Waals surface area (Å²) in [7, 11) is 0. The first kappa shape index (κ1) is 17.4. The van der Waals surface area contributed by atoms with Gasteiger partial charge >= 0.3 is 6.03 Å². The van der Waals surface area contributed by atoms with Crippen molar-refractivity contribution in [2.45, 2.75) is 26.3 Å². The molecule has 2 heterocycles. The van der Waals surface area contributed by atoms with Crippen molar-refractivity contribution in [2.24, 2.45) is 0 Å². The van der Waals surface area contributed by atoms with Crippen LogP contribution in [0.25, 0.3) is 0 Å². The van der Waals surface area contributed by atoms with E-state index in [2.05, 4.69) is 27.3 Å². The van der Waals surface area contributed by atoms with Crippen LogP contribution < -0.4 is 5.32 Å². The number of nitrogens with zero attached hydrogens (tertiary/aromatic N) is 4. The summed E-state index contributed by atoms with van der Waals surface area (Å²) in [5.41, 5.74) is 1.13. The van der Waals surface area contributed by atoms with Crippen molar-refractivity contribution in [3.05, 3.63) is 47.6 Å². The zero-order valence-corrected chi connectivity index (χ0v) is 14.8. The van der Waals surface area contributed by atoms with Crippen LogP contribution in [0.3, 0.4) is 0 Å². The number of carbonyl (C=O) groups excluding carboxylic acids is 1. The van der Waals surface area contributed by atoms with Gasteiger partial charge in [-0.3, -0.25) is 0 Å². The second-order valence-electron chi connectivity index (χ2n) is 6.30. The van der Waals surface area contributed by atoms with Gasteiger partial charge < -0.3 is 19.6 Å². The molecule has 0 aliphatic carbocycles. The molecule has 1 aromatic heterocycles. The van der Waals surface area contributed by atoms with Crippen LogP contribution in [0.2, 0.25) is 0 Å². The highest BCUT2D eigenvalue weighted by Crippen LogP contribution is 2.13. The lowest BCUT2D eigenvalue weighted by Crippen LogP contribution is -2.51. The molecular formula is C18H25N5O2. The SMILES string of the molecule is CCN1CCN(C(=O)NC(C)c2nc(Cc3ccccc3)no2)CC1. The van der Waals surface area contributed by atoms with Gasteiger partial charge in [0.1, 0.15) is 6.04 Å². The van der Waals surface area contributed by atoms with Gasteiger partial charge in [0.25, 0.3) is 0 Å². The van der Waals surface area contributed by atoms with E-state index in [-0.39, 0.29) is 12.1 Å². The molecule has 1 unspecified atom stereocenters. The van der Waals surface area contributed by atoms with Crippen molar-refractivity contribution in [1.29, 1.82) is 0 Å². The Kier molecular flexibility index (Phi) is 5.65. The summed E-state index contributed by atoms with van der Waals surface area (Å²) in [4.78, 5) is 21.0. The normalized spacial score (nSPS) is 16.6. The molecule has 7 nitrogen and oxygen atoms in total. The van der Waals surface area contributed by atoms with Crippen molar-refractivity contribution >= 4 is 6.03 Å². The lowest BCUT2D eigenvalue weighted by molar-refractivity contribution is 0.140. The molecule has 0 spiro atoms. The molecule has 0 saturated carbocycles. The summed E-state index contributed by atoms with van der Waals surface area (Å²) in [6.07, 6.45) is 0.615. The smallest absolute Gasteiger partial charge is 0.318 e. The minimum atomic E-state index is -0.311. The van der Waals surface area contributed by atoms with Gasteiger partial charge in [-0.2, -0.15) is 4.98 Å². The molecule has 1 fully saturated rings. The van der Waals surface area contributed by atoms with E-state index in [4.69, 9.17) is 4.52 Å². The van der Waals surface area contributed by atoms with E-state index in [9.17, 15) is 4.79 Å². The number of hydrogen-bond acceptors (Lipinski definition) is 5. The number of rotatable bonds is 5. The first-order chi connectivity index (χ1) is 12.2. The molecule has 1 N–H and O–H groups in total. The zero-order chi connectivity index (χ0) is 17.6. The Labute approximate surface area is 148 Å². The highest BCUT2D eigenvalue weighted by molar-refractivity contribution is 5.74. The molecule has 1 aromatic carbocycles. The van der Waals surface area contributed by atoms with Crippen LogP contribution in [-0.2, 0) is 6.42 Å². The first-order valence-corrected chi connectivity index (χ1v) is 8.80. The van der Waals surface area contributed by atoms with Crippen LogP contribution in [0, 0.1) is 0 Å². The average molecular weight is 343 g/mol. The molecule has 1 aliphatic heterocycles. The molecule has 0 radical (unpaired) electrons. The van der Waals surface area contributed by atoms with Crippen LogP contribution in [0.5, 0.6) is 0 Å². The quantitative estimate of drug-likeness (QED) is 0.899. The maximum Gasteiger partial charge on any atom is 0.318 e. The Balaban J connectivity index is 1.53. The van der Waals surface area contributed by atoms with Gasteiger partial charge in [0.2, 0.25) is 5.89 Å². The molecular weight excluding hydrogens is 318 g/mol. The molecule has 3 rings (SSSR count). The van der Waals surface area contributed by atoms with Gasteiger partial charge in [-0.05, 0) is 19.0 Å². The Bertz CT molecular complexity index is 680. The molecule has 25 heavy (non-hydrogen) atoms. The monoisotopic (exact) mass is 343 g/mol. The number of amides is 2. The summed E-state index contributed by atoms with van der Waals surface area (Å²) >= 11 is 0. The molecule has 2 aromatic rings. The number of nitrogens with one attached hydrogen (secondary N) is 1. The highest BCUT2D eigenvalue weighted by atomic mass is 16.5. The number of urea groups is 1. The third-order valence-electron chi connectivity index (χ3n) is 4.51. The second-order valence-corrected chi connectivity index (χ2v) is 6.30. The number of aromatic nitrogens is 2. The van der Waals surface area contributed by atoms with Gasteiger partial charge in [-0.1, -0.05) is 42.4 Å². The van der Waals surface area contributed by atoms with E-state index >= 15 is 0 Å². The first-order valence-electron chi connectivity index (χ1n) is 8.80. The maximum absolute atomic E-state index is 12.4. The maximum atomic E-state index is 12.4. The van der Waals surface area contributed by atoms with Crippen molar-refractivity contribution in [2.75, 3.05) is 32.7 Å². The number of benzene rings is 1. The number of likely N-dealkylation sites (N-methyl/N-ethyl adjacent to an activating group) is 1. The average Bonchev–Trinajstić information content (AvgIpc) is 3.11. The minimum Gasteiger partial charge on any atom is -0.337 e. The molecule has 1 atom stereocenters. The van der Waals surface area contributed by atoms with Crippen LogP contribution in [0.1, 0.15) is 37.2 Å². The van der Waals surface area contributed by atoms with Gasteiger partial charge in [0, 0.05) is 32.6 Å². The van der Waals surface area contributed by atoms with Crippen molar-refractivity contribution in [3.8, 4) is 0 Å². The third kappa shape index (κ3) is 4.57. The summed E-state index contributed by atoms with van der Waals surface area (Å²) < 4.78 is 5.32. The second kappa shape index (κ2) is 8.11. The van der Waals surface area contributed by atoms with Crippen molar-refractivity contribution in [3.63, 3.8) is 0 Å². The molecule has 1 aliphatic rings. The number of piperazine rings is 1. The molecule has 7 heteroatoms. The number of carbonyl (C=O) groups is 1. The Morgan fingerprint density at radius 2 is 1.96 bits per heavy atom. The van der Waals surface area contributed by atoms with Crippen LogP contribution in [0.15, 0.2) is 34.9 Å². The van der Waals surface area contributed by atoms with E-state index in [0.717, 1.165) is 38.3 Å².